The van der Waals surface area contributed by atoms with E-state index in [2.05, 4.69) is 35.9 Å². The van der Waals surface area contributed by atoms with Crippen LogP contribution in [-0.2, 0) is 5.41 Å². The fourth-order valence-corrected chi connectivity index (χ4v) is 1.86. The van der Waals surface area contributed by atoms with Crippen molar-refractivity contribution in [2.24, 2.45) is 0 Å². The molecule has 2 rings (SSSR count). The lowest BCUT2D eigenvalue weighted by atomic mass is 9.84. The molecule has 3 nitrogen and oxygen atoms in total. The third-order valence-electron chi connectivity index (χ3n) is 3.23. The smallest absolute Gasteiger partial charge is 0.148 e. The summed E-state index contributed by atoms with van der Waals surface area (Å²) in [5.74, 6) is 0.495. The zero-order valence-corrected chi connectivity index (χ0v) is 11.7. The number of benzene rings is 1. The van der Waals surface area contributed by atoms with Crippen LogP contribution >= 0.6 is 0 Å². The van der Waals surface area contributed by atoms with Gasteiger partial charge in [0.2, 0.25) is 0 Å². The predicted molar refractivity (Wildman–Crippen MR) is 80.0 cm³/mol. The van der Waals surface area contributed by atoms with Crippen molar-refractivity contribution in [2.75, 3.05) is 11.9 Å². The summed E-state index contributed by atoms with van der Waals surface area (Å²) in [5.41, 5.74) is 1.68. The number of halogens is 1. The molecule has 4 heteroatoms. The first-order valence-corrected chi connectivity index (χ1v) is 6.47. The molecule has 0 aliphatic rings. The van der Waals surface area contributed by atoms with E-state index >= 15 is 0 Å². The van der Waals surface area contributed by atoms with Gasteiger partial charge in [-0.25, -0.2) is 4.39 Å². The van der Waals surface area contributed by atoms with Crippen LogP contribution in [0.15, 0.2) is 43.0 Å². The predicted octanol–water partition coefficient (Wildman–Crippen LogP) is 3.65. The Kier molecular flexibility index (Phi) is 4.13. The van der Waals surface area contributed by atoms with Gasteiger partial charge in [0.25, 0.3) is 0 Å². The molecular formula is C16H18FN3. The van der Waals surface area contributed by atoms with E-state index < -0.39 is 0 Å². The molecule has 1 N–H and O–H groups in total. The van der Waals surface area contributed by atoms with Crippen LogP contribution in [0.4, 0.5) is 10.2 Å². The SMILES string of the molecule is C=Cc1ccc(NCC(C)(C)c2ccc(F)cc2)nn1. The summed E-state index contributed by atoms with van der Waals surface area (Å²) in [6.45, 7) is 8.51. The van der Waals surface area contributed by atoms with E-state index in [4.69, 9.17) is 0 Å². The summed E-state index contributed by atoms with van der Waals surface area (Å²) in [7, 11) is 0. The van der Waals surface area contributed by atoms with Crippen LogP contribution in [0.3, 0.4) is 0 Å². The fraction of sp³-hybridized carbons (Fsp3) is 0.250. The summed E-state index contributed by atoms with van der Waals surface area (Å²) in [6.07, 6.45) is 1.65. The standard InChI is InChI=1S/C16H18FN3/c1-4-14-9-10-15(20-19-14)18-11-16(2,3)12-5-7-13(17)8-6-12/h4-10H,1,11H2,2-3H3,(H,18,20). The van der Waals surface area contributed by atoms with E-state index in [0.29, 0.717) is 12.4 Å². The van der Waals surface area contributed by atoms with Gasteiger partial charge in [-0.05, 0) is 35.9 Å². The molecule has 0 aliphatic heterocycles. The minimum atomic E-state index is -0.219. The molecule has 0 unspecified atom stereocenters. The van der Waals surface area contributed by atoms with Crippen LogP contribution in [0.25, 0.3) is 6.08 Å². The minimum Gasteiger partial charge on any atom is -0.368 e. The Balaban J connectivity index is 2.04. The highest BCUT2D eigenvalue weighted by Gasteiger charge is 2.20. The van der Waals surface area contributed by atoms with Gasteiger partial charge in [-0.15, -0.1) is 10.2 Å². The Morgan fingerprint density at radius 1 is 1.15 bits per heavy atom. The Bertz CT molecular complexity index is 574. The van der Waals surface area contributed by atoms with Crippen LogP contribution in [-0.4, -0.2) is 16.7 Å². The van der Waals surface area contributed by atoms with Gasteiger partial charge in [-0.1, -0.05) is 32.6 Å². The van der Waals surface area contributed by atoms with Crippen LogP contribution in [0, 0.1) is 5.82 Å². The van der Waals surface area contributed by atoms with E-state index in [9.17, 15) is 4.39 Å². The molecule has 0 amide bonds. The molecular weight excluding hydrogens is 253 g/mol. The maximum absolute atomic E-state index is 13.0. The molecule has 1 heterocycles. The number of nitrogens with one attached hydrogen (secondary N) is 1. The van der Waals surface area contributed by atoms with Gasteiger partial charge in [-0.3, -0.25) is 0 Å². The van der Waals surface area contributed by atoms with Crippen molar-refractivity contribution in [3.63, 3.8) is 0 Å². The van der Waals surface area contributed by atoms with Gasteiger partial charge < -0.3 is 5.32 Å². The maximum atomic E-state index is 13.0. The quantitative estimate of drug-likeness (QED) is 0.902. The number of rotatable bonds is 5. The second-order valence-corrected chi connectivity index (χ2v) is 5.29. The molecule has 0 aliphatic carbocycles. The summed E-state index contributed by atoms with van der Waals surface area (Å²) < 4.78 is 13.0. The summed E-state index contributed by atoms with van der Waals surface area (Å²) >= 11 is 0. The Morgan fingerprint density at radius 3 is 2.40 bits per heavy atom. The van der Waals surface area contributed by atoms with Gasteiger partial charge in [0, 0.05) is 12.0 Å². The van der Waals surface area contributed by atoms with Gasteiger partial charge in [-0.2, -0.15) is 0 Å². The topological polar surface area (TPSA) is 37.8 Å². The fourth-order valence-electron chi connectivity index (χ4n) is 1.86. The maximum Gasteiger partial charge on any atom is 0.148 e. The Morgan fingerprint density at radius 2 is 1.85 bits per heavy atom. The first kappa shape index (κ1) is 14.2. The molecule has 0 atom stereocenters. The van der Waals surface area contributed by atoms with E-state index in [-0.39, 0.29) is 11.2 Å². The summed E-state index contributed by atoms with van der Waals surface area (Å²) in [6, 6.07) is 10.3. The van der Waals surface area contributed by atoms with Gasteiger partial charge in [0.15, 0.2) is 0 Å². The highest BCUT2D eigenvalue weighted by Crippen LogP contribution is 2.23. The number of anilines is 1. The second kappa shape index (κ2) is 5.82. The van der Waals surface area contributed by atoms with E-state index in [0.717, 1.165) is 11.3 Å². The number of aromatic nitrogens is 2. The molecule has 0 fully saturated rings. The zero-order valence-electron chi connectivity index (χ0n) is 11.7. The highest BCUT2D eigenvalue weighted by molar-refractivity contribution is 5.44. The molecule has 0 spiro atoms. The van der Waals surface area contributed by atoms with Crippen molar-refractivity contribution >= 4 is 11.9 Å². The van der Waals surface area contributed by atoms with Crippen molar-refractivity contribution in [2.45, 2.75) is 19.3 Å². The van der Waals surface area contributed by atoms with Crippen LogP contribution in [0.1, 0.15) is 25.1 Å². The molecule has 1 aromatic heterocycles. The normalized spacial score (nSPS) is 11.2. The Hall–Kier alpha value is -2.23. The van der Waals surface area contributed by atoms with Crippen molar-refractivity contribution in [3.05, 3.63) is 60.1 Å². The van der Waals surface area contributed by atoms with Crippen LogP contribution < -0.4 is 5.32 Å². The zero-order chi connectivity index (χ0) is 14.6. The number of nitrogens with zero attached hydrogens (tertiary/aromatic N) is 2. The van der Waals surface area contributed by atoms with Crippen molar-refractivity contribution in [1.29, 1.82) is 0 Å². The van der Waals surface area contributed by atoms with Crippen molar-refractivity contribution < 1.29 is 4.39 Å². The largest absolute Gasteiger partial charge is 0.368 e. The Labute approximate surface area is 118 Å². The average Bonchev–Trinajstić information content (AvgIpc) is 2.46. The summed E-state index contributed by atoms with van der Waals surface area (Å²) in [4.78, 5) is 0. The first-order chi connectivity index (χ1) is 9.51. The minimum absolute atomic E-state index is 0.132. The van der Waals surface area contributed by atoms with Gasteiger partial charge in [0.1, 0.15) is 11.6 Å². The monoisotopic (exact) mass is 271 g/mol. The first-order valence-electron chi connectivity index (χ1n) is 6.47. The summed E-state index contributed by atoms with van der Waals surface area (Å²) in [5, 5.41) is 11.3. The third-order valence-corrected chi connectivity index (χ3v) is 3.23. The molecule has 20 heavy (non-hydrogen) atoms. The molecule has 0 bridgehead atoms. The van der Waals surface area contributed by atoms with Crippen LogP contribution in [0.5, 0.6) is 0 Å². The molecule has 1 aromatic carbocycles. The van der Waals surface area contributed by atoms with Crippen molar-refractivity contribution in [3.8, 4) is 0 Å². The van der Waals surface area contributed by atoms with E-state index in [1.807, 2.05) is 24.3 Å². The van der Waals surface area contributed by atoms with Crippen molar-refractivity contribution in [1.82, 2.24) is 10.2 Å². The van der Waals surface area contributed by atoms with Gasteiger partial charge in [0.05, 0.1) is 5.69 Å². The second-order valence-electron chi connectivity index (χ2n) is 5.29. The lowest BCUT2D eigenvalue weighted by Gasteiger charge is -2.25. The number of hydrogen-bond donors (Lipinski definition) is 1. The van der Waals surface area contributed by atoms with Gasteiger partial charge >= 0.3 is 0 Å². The van der Waals surface area contributed by atoms with E-state index in [1.165, 1.54) is 12.1 Å². The lowest BCUT2D eigenvalue weighted by molar-refractivity contribution is 0.552. The molecule has 2 aromatic rings. The molecule has 0 radical (unpaired) electrons. The lowest BCUT2D eigenvalue weighted by Crippen LogP contribution is -2.28. The average molecular weight is 271 g/mol. The molecule has 0 saturated heterocycles. The highest BCUT2D eigenvalue weighted by atomic mass is 19.1. The van der Waals surface area contributed by atoms with E-state index in [1.54, 1.807) is 6.08 Å². The molecule has 104 valence electrons. The third kappa shape index (κ3) is 3.41. The number of hydrogen-bond acceptors (Lipinski definition) is 3. The van der Waals surface area contributed by atoms with Crippen LogP contribution in [0.2, 0.25) is 0 Å². The molecule has 0 saturated carbocycles.